The Kier molecular flexibility index (Phi) is 4.02. The maximum Gasteiger partial charge on any atom is 0.236 e. The summed E-state index contributed by atoms with van der Waals surface area (Å²) in [7, 11) is 0. The van der Waals surface area contributed by atoms with Gasteiger partial charge in [-0.3, -0.25) is 4.79 Å². The van der Waals surface area contributed by atoms with Gasteiger partial charge in [0.05, 0.1) is 15.6 Å². The van der Waals surface area contributed by atoms with Crippen molar-refractivity contribution >= 4 is 44.2 Å². The molecule has 1 aromatic heterocycles. The number of nitrogens with one attached hydrogen (secondary N) is 1. The number of amides is 1. The Bertz CT molecular complexity index is 849. The zero-order valence-electron chi connectivity index (χ0n) is 13.1. The molecule has 0 atom stereocenters. The fourth-order valence-electron chi connectivity index (χ4n) is 3.54. The second kappa shape index (κ2) is 6.19. The Morgan fingerprint density at radius 2 is 1.79 bits per heavy atom. The third-order valence-corrected chi connectivity index (χ3v) is 6.01. The highest BCUT2D eigenvalue weighted by atomic mass is 35.5. The fourth-order valence-corrected chi connectivity index (χ4v) is 4.52. The van der Waals surface area contributed by atoms with Crippen LogP contribution in [0.15, 0.2) is 48.5 Å². The van der Waals surface area contributed by atoms with Gasteiger partial charge in [-0.25, -0.2) is 4.98 Å². The van der Waals surface area contributed by atoms with E-state index in [1.807, 2.05) is 48.5 Å². The number of hydrogen-bond acceptors (Lipinski definition) is 3. The molecule has 1 aliphatic rings. The van der Waals surface area contributed by atoms with Crippen LogP contribution < -0.4 is 5.32 Å². The van der Waals surface area contributed by atoms with Crippen molar-refractivity contribution in [2.75, 3.05) is 5.32 Å². The molecule has 1 fully saturated rings. The van der Waals surface area contributed by atoms with E-state index in [9.17, 15) is 4.79 Å². The number of rotatable bonds is 3. The number of halogens is 1. The van der Waals surface area contributed by atoms with Gasteiger partial charge in [0.15, 0.2) is 5.13 Å². The molecule has 1 N–H and O–H groups in total. The Morgan fingerprint density at radius 3 is 2.50 bits per heavy atom. The summed E-state index contributed by atoms with van der Waals surface area (Å²) in [6, 6.07) is 15.6. The molecule has 3 nitrogen and oxygen atoms in total. The van der Waals surface area contributed by atoms with Gasteiger partial charge >= 0.3 is 0 Å². The largest absolute Gasteiger partial charge is 0.301 e. The van der Waals surface area contributed by atoms with Crippen LogP contribution >= 0.6 is 22.9 Å². The number of fused-ring (bicyclic) bond motifs is 1. The topological polar surface area (TPSA) is 42.0 Å². The van der Waals surface area contributed by atoms with Crippen LogP contribution in [-0.2, 0) is 10.2 Å². The molecule has 1 heterocycles. The highest BCUT2D eigenvalue weighted by Crippen LogP contribution is 2.42. The van der Waals surface area contributed by atoms with Gasteiger partial charge in [0, 0.05) is 5.02 Å². The minimum Gasteiger partial charge on any atom is -0.301 e. The van der Waals surface area contributed by atoms with Crippen molar-refractivity contribution in [2.45, 2.75) is 31.1 Å². The van der Waals surface area contributed by atoms with E-state index in [0.29, 0.717) is 10.2 Å². The van der Waals surface area contributed by atoms with E-state index in [4.69, 9.17) is 11.6 Å². The Morgan fingerprint density at radius 1 is 1.08 bits per heavy atom. The standard InChI is InChI=1S/C19H17ClN2OS/c20-14-9-7-13(8-10-14)19(11-3-4-12-19)17(23)22-18-21-15-5-1-2-6-16(15)24-18/h1-2,5-10H,3-4,11-12H2,(H,21,22,23). The first-order valence-corrected chi connectivity index (χ1v) is 9.30. The van der Waals surface area contributed by atoms with Crippen molar-refractivity contribution in [1.82, 2.24) is 4.98 Å². The minimum atomic E-state index is -0.470. The fraction of sp³-hybridized carbons (Fsp3) is 0.263. The summed E-state index contributed by atoms with van der Waals surface area (Å²) in [5.41, 5.74) is 1.50. The molecule has 0 aliphatic heterocycles. The summed E-state index contributed by atoms with van der Waals surface area (Å²) < 4.78 is 1.08. The molecule has 122 valence electrons. The molecule has 1 amide bonds. The molecule has 3 aromatic rings. The Balaban J connectivity index is 1.65. The molecule has 1 saturated carbocycles. The first-order valence-electron chi connectivity index (χ1n) is 8.10. The van der Waals surface area contributed by atoms with Crippen LogP contribution in [0, 0.1) is 0 Å². The maximum atomic E-state index is 13.1. The average molecular weight is 357 g/mol. The lowest BCUT2D eigenvalue weighted by atomic mass is 9.78. The molecule has 4 rings (SSSR count). The Labute approximate surface area is 149 Å². The molecule has 2 aromatic carbocycles. The second-order valence-electron chi connectivity index (χ2n) is 6.24. The second-order valence-corrected chi connectivity index (χ2v) is 7.70. The Hall–Kier alpha value is -1.91. The molecular formula is C19H17ClN2OS. The normalized spacial score (nSPS) is 16.4. The number of thiazole rings is 1. The van der Waals surface area contributed by atoms with E-state index >= 15 is 0 Å². The zero-order chi connectivity index (χ0) is 16.6. The minimum absolute atomic E-state index is 0.0429. The molecular weight excluding hydrogens is 340 g/mol. The lowest BCUT2D eigenvalue weighted by molar-refractivity contribution is -0.121. The zero-order valence-corrected chi connectivity index (χ0v) is 14.7. The van der Waals surface area contributed by atoms with E-state index in [1.54, 1.807) is 0 Å². The highest BCUT2D eigenvalue weighted by Gasteiger charge is 2.42. The lowest BCUT2D eigenvalue weighted by Gasteiger charge is -2.27. The number of anilines is 1. The van der Waals surface area contributed by atoms with Gasteiger partial charge in [0.2, 0.25) is 5.91 Å². The third-order valence-electron chi connectivity index (χ3n) is 4.80. The maximum absolute atomic E-state index is 13.1. The van der Waals surface area contributed by atoms with Gasteiger partial charge < -0.3 is 5.32 Å². The first-order chi connectivity index (χ1) is 11.7. The number of aromatic nitrogens is 1. The number of para-hydroxylation sites is 1. The third kappa shape index (κ3) is 2.70. The van der Waals surface area contributed by atoms with E-state index in [0.717, 1.165) is 41.5 Å². The highest BCUT2D eigenvalue weighted by molar-refractivity contribution is 7.22. The van der Waals surface area contributed by atoms with Crippen molar-refractivity contribution in [3.05, 3.63) is 59.1 Å². The van der Waals surface area contributed by atoms with Crippen LogP contribution in [-0.4, -0.2) is 10.9 Å². The predicted octanol–water partition coefficient (Wildman–Crippen LogP) is 5.40. The van der Waals surface area contributed by atoms with Crippen molar-refractivity contribution in [3.63, 3.8) is 0 Å². The monoisotopic (exact) mass is 356 g/mol. The van der Waals surface area contributed by atoms with Crippen LogP contribution in [0.4, 0.5) is 5.13 Å². The van der Waals surface area contributed by atoms with Gasteiger partial charge in [-0.15, -0.1) is 0 Å². The number of carbonyl (C=O) groups is 1. The lowest BCUT2D eigenvalue weighted by Crippen LogP contribution is -2.37. The van der Waals surface area contributed by atoms with Crippen molar-refractivity contribution < 1.29 is 4.79 Å². The molecule has 0 radical (unpaired) electrons. The molecule has 0 unspecified atom stereocenters. The van der Waals surface area contributed by atoms with E-state index in [2.05, 4.69) is 10.3 Å². The number of carbonyl (C=O) groups excluding carboxylic acids is 1. The summed E-state index contributed by atoms with van der Waals surface area (Å²) in [6.07, 6.45) is 3.86. The SMILES string of the molecule is O=C(Nc1nc2ccccc2s1)C1(c2ccc(Cl)cc2)CCCC1. The van der Waals surface area contributed by atoms with Crippen LogP contribution in [0.1, 0.15) is 31.2 Å². The van der Waals surface area contributed by atoms with Crippen molar-refractivity contribution in [3.8, 4) is 0 Å². The van der Waals surface area contributed by atoms with E-state index in [1.165, 1.54) is 11.3 Å². The van der Waals surface area contributed by atoms with Gasteiger partial charge in [-0.2, -0.15) is 0 Å². The van der Waals surface area contributed by atoms with E-state index < -0.39 is 5.41 Å². The van der Waals surface area contributed by atoms with Gasteiger partial charge in [0.1, 0.15) is 0 Å². The van der Waals surface area contributed by atoms with Crippen LogP contribution in [0.2, 0.25) is 5.02 Å². The summed E-state index contributed by atoms with van der Waals surface area (Å²) >= 11 is 7.53. The number of hydrogen-bond donors (Lipinski definition) is 1. The average Bonchev–Trinajstić information content (AvgIpc) is 3.22. The number of nitrogens with zero attached hydrogens (tertiary/aromatic N) is 1. The molecule has 0 saturated heterocycles. The van der Waals surface area contributed by atoms with E-state index in [-0.39, 0.29) is 5.91 Å². The molecule has 1 aliphatic carbocycles. The van der Waals surface area contributed by atoms with Crippen LogP contribution in [0.25, 0.3) is 10.2 Å². The van der Waals surface area contributed by atoms with Gasteiger partial charge in [-0.05, 0) is 42.7 Å². The number of benzene rings is 2. The summed E-state index contributed by atoms with van der Waals surface area (Å²) in [5, 5.41) is 4.42. The summed E-state index contributed by atoms with van der Waals surface area (Å²) in [5.74, 6) is 0.0429. The van der Waals surface area contributed by atoms with Crippen LogP contribution in [0.5, 0.6) is 0 Å². The predicted molar refractivity (Wildman–Crippen MR) is 99.8 cm³/mol. The van der Waals surface area contributed by atoms with Gasteiger partial charge in [-0.1, -0.05) is 60.0 Å². The quantitative estimate of drug-likeness (QED) is 0.682. The molecule has 24 heavy (non-hydrogen) atoms. The smallest absolute Gasteiger partial charge is 0.236 e. The first kappa shape index (κ1) is 15.6. The molecule has 0 bridgehead atoms. The summed E-state index contributed by atoms with van der Waals surface area (Å²) in [4.78, 5) is 17.6. The summed E-state index contributed by atoms with van der Waals surface area (Å²) in [6.45, 7) is 0. The van der Waals surface area contributed by atoms with Gasteiger partial charge in [0.25, 0.3) is 0 Å². The molecule has 5 heteroatoms. The molecule has 0 spiro atoms. The van der Waals surface area contributed by atoms with Crippen LogP contribution in [0.3, 0.4) is 0 Å². The van der Waals surface area contributed by atoms with Crippen molar-refractivity contribution in [1.29, 1.82) is 0 Å². The van der Waals surface area contributed by atoms with Crippen molar-refractivity contribution in [2.24, 2.45) is 0 Å².